The van der Waals surface area contributed by atoms with Crippen molar-refractivity contribution >= 4 is 21.4 Å². The molecule has 0 atom stereocenters. The molecule has 1 rings (SSSR count). The first-order valence-corrected chi connectivity index (χ1v) is 7.72. The van der Waals surface area contributed by atoms with E-state index in [1.807, 2.05) is 13.8 Å². The first-order valence-electron chi connectivity index (χ1n) is 6.28. The van der Waals surface area contributed by atoms with Gasteiger partial charge in [0.1, 0.15) is 5.69 Å². The summed E-state index contributed by atoms with van der Waals surface area (Å²) in [5, 5.41) is 11.0. The zero-order valence-electron chi connectivity index (χ0n) is 12.1. The number of nitrogens with two attached hydrogens (primary N) is 1. The van der Waals surface area contributed by atoms with Gasteiger partial charge in [-0.1, -0.05) is 6.07 Å². The van der Waals surface area contributed by atoms with E-state index in [0.717, 1.165) is 4.31 Å². The highest BCUT2D eigenvalue weighted by atomic mass is 32.2. The van der Waals surface area contributed by atoms with Crippen LogP contribution in [0.2, 0.25) is 0 Å². The summed E-state index contributed by atoms with van der Waals surface area (Å²) in [5.74, 6) is 0. The van der Waals surface area contributed by atoms with Gasteiger partial charge < -0.3 is 10.5 Å². The maximum atomic E-state index is 12.4. The molecule has 118 valence electrons. The lowest BCUT2D eigenvalue weighted by atomic mass is 10.3. The summed E-state index contributed by atoms with van der Waals surface area (Å²) in [4.78, 5) is 9.83. The number of rotatable bonds is 7. The third-order valence-electron chi connectivity index (χ3n) is 2.76. The third-order valence-corrected chi connectivity index (χ3v) is 4.65. The van der Waals surface area contributed by atoms with Gasteiger partial charge in [0, 0.05) is 13.6 Å². The van der Waals surface area contributed by atoms with Crippen molar-refractivity contribution in [3.63, 3.8) is 0 Å². The van der Waals surface area contributed by atoms with Gasteiger partial charge in [0.2, 0.25) is 10.0 Å². The first kappa shape index (κ1) is 17.3. The van der Waals surface area contributed by atoms with Crippen LogP contribution in [0.5, 0.6) is 0 Å². The zero-order valence-corrected chi connectivity index (χ0v) is 13.0. The summed E-state index contributed by atoms with van der Waals surface area (Å²) in [6.45, 7) is 3.95. The van der Waals surface area contributed by atoms with E-state index in [1.54, 1.807) is 0 Å². The Hall–Kier alpha value is -1.71. The maximum absolute atomic E-state index is 12.4. The Balaban J connectivity index is 3.08. The molecular formula is C12H19N3O5S. The molecule has 0 spiro atoms. The molecule has 0 unspecified atom stereocenters. The zero-order chi connectivity index (χ0) is 16.2. The number of hydrogen-bond acceptors (Lipinski definition) is 6. The van der Waals surface area contributed by atoms with Crippen LogP contribution < -0.4 is 5.73 Å². The standard InChI is InChI=1S/C12H19N3O5S/c1-9(2)20-8-7-14(3)21(18,19)11-6-4-5-10(13)12(11)15(16)17/h4-6,9H,7-8,13H2,1-3H3. The van der Waals surface area contributed by atoms with E-state index in [2.05, 4.69) is 0 Å². The Bertz CT molecular complexity index is 615. The van der Waals surface area contributed by atoms with Crippen LogP contribution in [0.1, 0.15) is 13.8 Å². The van der Waals surface area contributed by atoms with Gasteiger partial charge in [0.25, 0.3) is 0 Å². The van der Waals surface area contributed by atoms with Crippen molar-refractivity contribution in [2.45, 2.75) is 24.8 Å². The Labute approximate surface area is 123 Å². The summed E-state index contributed by atoms with van der Waals surface area (Å²) >= 11 is 0. The SMILES string of the molecule is CC(C)OCCN(C)S(=O)(=O)c1cccc(N)c1[N+](=O)[O-]. The molecule has 0 aliphatic rings. The molecule has 0 saturated carbocycles. The number of nitro groups is 1. The van der Waals surface area contributed by atoms with Gasteiger partial charge in [-0.25, -0.2) is 8.42 Å². The predicted molar refractivity (Wildman–Crippen MR) is 78.4 cm³/mol. The molecule has 0 saturated heterocycles. The number of para-hydroxylation sites is 1. The van der Waals surface area contributed by atoms with Crippen molar-refractivity contribution in [1.29, 1.82) is 0 Å². The van der Waals surface area contributed by atoms with Crippen molar-refractivity contribution < 1.29 is 18.1 Å². The Morgan fingerprint density at radius 3 is 2.57 bits per heavy atom. The van der Waals surface area contributed by atoms with Gasteiger partial charge in [0.15, 0.2) is 4.90 Å². The number of anilines is 1. The van der Waals surface area contributed by atoms with Gasteiger partial charge in [0.05, 0.1) is 17.6 Å². The second-order valence-electron chi connectivity index (χ2n) is 4.70. The molecule has 1 aromatic carbocycles. The number of nitrogens with zero attached hydrogens (tertiary/aromatic N) is 2. The van der Waals surface area contributed by atoms with E-state index < -0.39 is 25.5 Å². The van der Waals surface area contributed by atoms with Crippen LogP contribution in [-0.2, 0) is 14.8 Å². The highest BCUT2D eigenvalue weighted by Crippen LogP contribution is 2.31. The fraction of sp³-hybridized carbons (Fsp3) is 0.500. The first-order chi connectivity index (χ1) is 9.67. The number of likely N-dealkylation sites (N-methyl/N-ethyl adjacent to an activating group) is 1. The van der Waals surface area contributed by atoms with Crippen LogP contribution in [-0.4, -0.2) is 43.9 Å². The second-order valence-corrected chi connectivity index (χ2v) is 6.71. The van der Waals surface area contributed by atoms with E-state index in [9.17, 15) is 18.5 Å². The molecule has 21 heavy (non-hydrogen) atoms. The lowest BCUT2D eigenvalue weighted by molar-refractivity contribution is -0.386. The van der Waals surface area contributed by atoms with Gasteiger partial charge in [-0.05, 0) is 26.0 Å². The van der Waals surface area contributed by atoms with Crippen molar-refractivity contribution in [3.05, 3.63) is 28.3 Å². The average Bonchev–Trinajstić information content (AvgIpc) is 2.37. The highest BCUT2D eigenvalue weighted by Gasteiger charge is 2.31. The smallest absolute Gasteiger partial charge is 0.312 e. The summed E-state index contributed by atoms with van der Waals surface area (Å²) in [7, 11) is -2.66. The molecule has 9 heteroatoms. The van der Waals surface area contributed by atoms with Crippen LogP contribution in [0, 0.1) is 10.1 Å². The lowest BCUT2D eigenvalue weighted by Gasteiger charge is -2.18. The van der Waals surface area contributed by atoms with Crippen molar-refractivity contribution in [1.82, 2.24) is 4.31 Å². The second kappa shape index (κ2) is 6.83. The lowest BCUT2D eigenvalue weighted by Crippen LogP contribution is -2.31. The monoisotopic (exact) mass is 317 g/mol. The summed E-state index contributed by atoms with van der Waals surface area (Å²) in [6.07, 6.45) is -0.0252. The average molecular weight is 317 g/mol. The molecule has 0 radical (unpaired) electrons. The maximum Gasteiger partial charge on any atom is 0.312 e. The molecule has 0 aliphatic carbocycles. The van der Waals surface area contributed by atoms with Crippen LogP contribution in [0.4, 0.5) is 11.4 Å². The molecule has 0 heterocycles. The molecule has 0 aromatic heterocycles. The fourth-order valence-corrected chi connectivity index (χ4v) is 2.99. The molecule has 0 fully saturated rings. The molecule has 2 N–H and O–H groups in total. The Morgan fingerprint density at radius 1 is 1.43 bits per heavy atom. The predicted octanol–water partition coefficient (Wildman–Crippen LogP) is 1.22. The largest absolute Gasteiger partial charge is 0.393 e. The third kappa shape index (κ3) is 4.13. The molecular weight excluding hydrogens is 298 g/mol. The van der Waals surface area contributed by atoms with Crippen molar-refractivity contribution in [2.24, 2.45) is 0 Å². The minimum absolute atomic E-state index is 0.0252. The summed E-state index contributed by atoms with van der Waals surface area (Å²) < 4.78 is 31.1. The normalized spacial score (nSPS) is 12.0. The minimum Gasteiger partial charge on any atom is -0.393 e. The van der Waals surface area contributed by atoms with E-state index in [-0.39, 0.29) is 24.9 Å². The van der Waals surface area contributed by atoms with Crippen LogP contribution in [0.15, 0.2) is 23.1 Å². The molecule has 0 aliphatic heterocycles. The van der Waals surface area contributed by atoms with Crippen molar-refractivity contribution in [2.75, 3.05) is 25.9 Å². The Morgan fingerprint density at radius 2 is 2.05 bits per heavy atom. The van der Waals surface area contributed by atoms with E-state index in [1.165, 1.54) is 25.2 Å². The van der Waals surface area contributed by atoms with Crippen molar-refractivity contribution in [3.8, 4) is 0 Å². The fourth-order valence-electron chi connectivity index (χ4n) is 1.65. The quantitative estimate of drug-likeness (QED) is 0.459. The Kier molecular flexibility index (Phi) is 5.64. The van der Waals surface area contributed by atoms with Crippen LogP contribution in [0.25, 0.3) is 0 Å². The van der Waals surface area contributed by atoms with E-state index >= 15 is 0 Å². The van der Waals surface area contributed by atoms with Gasteiger partial charge >= 0.3 is 5.69 Å². The number of nitro benzene ring substituents is 1. The number of ether oxygens (including phenoxy) is 1. The number of nitrogen functional groups attached to an aromatic ring is 1. The van der Waals surface area contributed by atoms with Gasteiger partial charge in [-0.3, -0.25) is 10.1 Å². The minimum atomic E-state index is -4.00. The van der Waals surface area contributed by atoms with Crippen LogP contribution >= 0.6 is 0 Å². The number of sulfonamides is 1. The molecule has 1 aromatic rings. The molecule has 8 nitrogen and oxygen atoms in total. The van der Waals surface area contributed by atoms with E-state index in [4.69, 9.17) is 10.5 Å². The van der Waals surface area contributed by atoms with Gasteiger partial charge in [-0.15, -0.1) is 0 Å². The van der Waals surface area contributed by atoms with E-state index in [0.29, 0.717) is 0 Å². The molecule has 0 amide bonds. The summed E-state index contributed by atoms with van der Waals surface area (Å²) in [5.41, 5.74) is 4.72. The summed E-state index contributed by atoms with van der Waals surface area (Å²) in [6, 6.07) is 3.83. The number of benzene rings is 1. The van der Waals surface area contributed by atoms with Gasteiger partial charge in [-0.2, -0.15) is 4.31 Å². The van der Waals surface area contributed by atoms with Crippen LogP contribution in [0.3, 0.4) is 0 Å². The highest BCUT2D eigenvalue weighted by molar-refractivity contribution is 7.89. The molecule has 0 bridgehead atoms. The number of hydrogen-bond donors (Lipinski definition) is 1. The topological polar surface area (TPSA) is 116 Å².